The van der Waals surface area contributed by atoms with Crippen LogP contribution in [-0.4, -0.2) is 28.8 Å². The Hall–Kier alpha value is -3.62. The zero-order chi connectivity index (χ0) is 24.1. The molecule has 0 spiro atoms. The van der Waals surface area contributed by atoms with E-state index in [0.717, 1.165) is 18.1 Å². The number of piperidine rings is 1. The van der Waals surface area contributed by atoms with Gasteiger partial charge in [0.2, 0.25) is 5.91 Å². The SMILES string of the molecule is O=C(NCc1ccccc1C(F)(F)F)[C@H]1CCCN(c2cnn(Cc3ccccc3)c(=O)c2)C1. The van der Waals surface area contributed by atoms with Crippen molar-refractivity contribution in [1.82, 2.24) is 15.1 Å². The molecule has 1 aliphatic rings. The molecule has 4 rings (SSSR count). The lowest BCUT2D eigenvalue weighted by atomic mass is 9.96. The number of hydrogen-bond acceptors (Lipinski definition) is 4. The van der Waals surface area contributed by atoms with Gasteiger partial charge in [-0.05, 0) is 30.0 Å². The first kappa shape index (κ1) is 23.5. The first-order valence-electron chi connectivity index (χ1n) is 11.1. The van der Waals surface area contributed by atoms with Crippen LogP contribution in [0.4, 0.5) is 18.9 Å². The van der Waals surface area contributed by atoms with Crippen LogP contribution < -0.4 is 15.8 Å². The summed E-state index contributed by atoms with van der Waals surface area (Å²) in [5.41, 5.74) is 0.641. The summed E-state index contributed by atoms with van der Waals surface area (Å²) >= 11 is 0. The quantitative estimate of drug-likeness (QED) is 0.595. The van der Waals surface area contributed by atoms with Crippen LogP contribution in [0, 0.1) is 5.92 Å². The Morgan fingerprint density at radius 1 is 1.09 bits per heavy atom. The number of benzene rings is 2. The minimum Gasteiger partial charge on any atom is -0.369 e. The average molecular weight is 470 g/mol. The van der Waals surface area contributed by atoms with Crippen molar-refractivity contribution in [3.05, 3.63) is 93.9 Å². The van der Waals surface area contributed by atoms with Gasteiger partial charge >= 0.3 is 6.18 Å². The molecule has 34 heavy (non-hydrogen) atoms. The van der Waals surface area contributed by atoms with Gasteiger partial charge in [0, 0.05) is 25.7 Å². The van der Waals surface area contributed by atoms with Crippen LogP contribution in [0.3, 0.4) is 0 Å². The van der Waals surface area contributed by atoms with Gasteiger partial charge in [-0.2, -0.15) is 18.3 Å². The zero-order valence-electron chi connectivity index (χ0n) is 18.5. The molecule has 9 heteroatoms. The molecule has 1 aromatic heterocycles. The third-order valence-electron chi connectivity index (χ3n) is 5.96. The fourth-order valence-corrected chi connectivity index (χ4v) is 4.18. The number of nitrogens with one attached hydrogen (secondary N) is 1. The molecule has 1 aliphatic heterocycles. The number of anilines is 1. The largest absolute Gasteiger partial charge is 0.416 e. The van der Waals surface area contributed by atoms with Crippen LogP contribution in [0.15, 0.2) is 71.7 Å². The maximum atomic E-state index is 13.2. The molecule has 0 saturated carbocycles. The highest BCUT2D eigenvalue weighted by atomic mass is 19.4. The first-order valence-corrected chi connectivity index (χ1v) is 11.1. The van der Waals surface area contributed by atoms with Gasteiger partial charge in [-0.3, -0.25) is 9.59 Å². The Morgan fingerprint density at radius 2 is 1.82 bits per heavy atom. The van der Waals surface area contributed by atoms with Crippen molar-refractivity contribution in [2.24, 2.45) is 5.92 Å². The minimum absolute atomic E-state index is 0.0299. The van der Waals surface area contributed by atoms with E-state index in [2.05, 4.69) is 10.4 Å². The number of nitrogens with zero attached hydrogens (tertiary/aromatic N) is 3. The average Bonchev–Trinajstić information content (AvgIpc) is 2.84. The predicted octanol–water partition coefficient (Wildman–Crippen LogP) is 3.84. The molecule has 2 aromatic carbocycles. The number of amides is 1. The Labute approximate surface area is 195 Å². The van der Waals surface area contributed by atoms with Gasteiger partial charge in [0.15, 0.2) is 0 Å². The van der Waals surface area contributed by atoms with E-state index in [-0.39, 0.29) is 23.6 Å². The maximum Gasteiger partial charge on any atom is 0.416 e. The summed E-state index contributed by atoms with van der Waals surface area (Å²) in [6, 6.07) is 16.3. The molecule has 2 heterocycles. The molecule has 0 aliphatic carbocycles. The van der Waals surface area contributed by atoms with E-state index < -0.39 is 17.7 Å². The molecule has 0 unspecified atom stereocenters. The van der Waals surface area contributed by atoms with E-state index in [9.17, 15) is 22.8 Å². The molecule has 6 nitrogen and oxygen atoms in total. The second-order valence-corrected chi connectivity index (χ2v) is 8.35. The maximum absolute atomic E-state index is 13.2. The van der Waals surface area contributed by atoms with E-state index in [0.29, 0.717) is 31.7 Å². The van der Waals surface area contributed by atoms with Gasteiger partial charge in [-0.1, -0.05) is 48.5 Å². The molecular formula is C25H25F3N4O2. The number of rotatable bonds is 6. The Bertz CT molecular complexity index is 1190. The minimum atomic E-state index is -4.48. The molecule has 0 radical (unpaired) electrons. The molecule has 1 saturated heterocycles. The number of alkyl halides is 3. The molecule has 178 valence electrons. The highest BCUT2D eigenvalue weighted by molar-refractivity contribution is 5.79. The standard InChI is InChI=1S/C25H25F3N4O2/c26-25(27,28)22-11-5-4-9-19(22)14-29-24(34)20-10-6-12-31(17-20)21-13-23(33)32(30-15-21)16-18-7-2-1-3-8-18/h1-5,7-9,11,13,15,20H,6,10,12,14,16-17H2,(H,29,34)/t20-/m0/s1. The number of aromatic nitrogens is 2. The van der Waals surface area contributed by atoms with Crippen LogP contribution in [0.1, 0.15) is 29.5 Å². The van der Waals surface area contributed by atoms with E-state index >= 15 is 0 Å². The van der Waals surface area contributed by atoms with Crippen LogP contribution in [0.25, 0.3) is 0 Å². The number of halogens is 3. The third-order valence-corrected chi connectivity index (χ3v) is 5.96. The van der Waals surface area contributed by atoms with Crippen LogP contribution in [-0.2, 0) is 24.1 Å². The van der Waals surface area contributed by atoms with Crippen molar-refractivity contribution in [2.75, 3.05) is 18.0 Å². The lowest BCUT2D eigenvalue weighted by Gasteiger charge is -2.33. The number of hydrogen-bond donors (Lipinski definition) is 1. The molecule has 3 aromatic rings. The second-order valence-electron chi connectivity index (χ2n) is 8.35. The van der Waals surface area contributed by atoms with Crippen molar-refractivity contribution in [3.63, 3.8) is 0 Å². The lowest BCUT2D eigenvalue weighted by molar-refractivity contribution is -0.138. The van der Waals surface area contributed by atoms with Crippen molar-refractivity contribution < 1.29 is 18.0 Å². The lowest BCUT2D eigenvalue weighted by Crippen LogP contribution is -2.43. The molecule has 1 N–H and O–H groups in total. The van der Waals surface area contributed by atoms with Crippen LogP contribution in [0.2, 0.25) is 0 Å². The van der Waals surface area contributed by atoms with Gasteiger partial charge in [0.25, 0.3) is 5.56 Å². The highest BCUT2D eigenvalue weighted by Gasteiger charge is 2.33. The summed E-state index contributed by atoms with van der Waals surface area (Å²) in [5.74, 6) is -0.689. The first-order chi connectivity index (χ1) is 16.3. The normalized spacial score (nSPS) is 16.3. The van der Waals surface area contributed by atoms with E-state index in [1.807, 2.05) is 35.2 Å². The van der Waals surface area contributed by atoms with Crippen LogP contribution in [0.5, 0.6) is 0 Å². The van der Waals surface area contributed by atoms with E-state index in [4.69, 9.17) is 0 Å². The summed E-state index contributed by atoms with van der Waals surface area (Å²) in [4.78, 5) is 27.2. The number of carbonyl (C=O) groups excluding carboxylic acids is 1. The summed E-state index contributed by atoms with van der Waals surface area (Å²) in [6.45, 7) is 1.22. The van der Waals surface area contributed by atoms with Gasteiger partial charge in [0.1, 0.15) is 0 Å². The highest BCUT2D eigenvalue weighted by Crippen LogP contribution is 2.32. The Kier molecular flexibility index (Phi) is 7.00. The van der Waals surface area contributed by atoms with Crippen molar-refractivity contribution in [3.8, 4) is 0 Å². The summed E-state index contributed by atoms with van der Waals surface area (Å²) in [7, 11) is 0. The van der Waals surface area contributed by atoms with Gasteiger partial charge in [0.05, 0.1) is 29.9 Å². The smallest absolute Gasteiger partial charge is 0.369 e. The summed E-state index contributed by atoms with van der Waals surface area (Å²) < 4.78 is 41.0. The van der Waals surface area contributed by atoms with Crippen molar-refractivity contribution in [1.29, 1.82) is 0 Å². The Balaban J connectivity index is 1.39. The summed E-state index contributed by atoms with van der Waals surface area (Å²) in [5, 5.41) is 6.94. The monoisotopic (exact) mass is 470 g/mol. The van der Waals surface area contributed by atoms with Gasteiger partial charge < -0.3 is 10.2 Å². The van der Waals surface area contributed by atoms with Crippen molar-refractivity contribution in [2.45, 2.75) is 32.1 Å². The van der Waals surface area contributed by atoms with Gasteiger partial charge in [-0.15, -0.1) is 0 Å². The second kappa shape index (κ2) is 10.1. The Morgan fingerprint density at radius 3 is 2.56 bits per heavy atom. The van der Waals surface area contributed by atoms with E-state index in [1.54, 1.807) is 6.20 Å². The van der Waals surface area contributed by atoms with Crippen LogP contribution >= 0.6 is 0 Å². The molecule has 1 amide bonds. The number of carbonyl (C=O) groups is 1. The molecule has 1 atom stereocenters. The molecular weight excluding hydrogens is 445 g/mol. The fourth-order valence-electron chi connectivity index (χ4n) is 4.18. The van der Waals surface area contributed by atoms with Gasteiger partial charge in [-0.25, -0.2) is 4.68 Å². The molecule has 1 fully saturated rings. The predicted molar refractivity (Wildman–Crippen MR) is 122 cm³/mol. The van der Waals surface area contributed by atoms with E-state index in [1.165, 1.54) is 28.9 Å². The van der Waals surface area contributed by atoms with Crippen molar-refractivity contribution >= 4 is 11.6 Å². The fraction of sp³-hybridized carbons (Fsp3) is 0.320. The zero-order valence-corrected chi connectivity index (χ0v) is 18.5. The summed E-state index contributed by atoms with van der Waals surface area (Å²) in [6.07, 6.45) is -1.51. The topological polar surface area (TPSA) is 67.2 Å². The molecule has 0 bridgehead atoms. The third kappa shape index (κ3) is 5.65.